The van der Waals surface area contributed by atoms with Crippen molar-refractivity contribution in [3.8, 4) is 0 Å². The molecular formula is C4H7NO3S. The van der Waals surface area contributed by atoms with Crippen LogP contribution in [0.3, 0.4) is 0 Å². The minimum absolute atomic E-state index is 0.493. The molecule has 0 bridgehead atoms. The Balaban J connectivity index is 4.51. The molecule has 0 fully saturated rings. The molecule has 0 aromatic rings. The van der Waals surface area contributed by atoms with Crippen molar-refractivity contribution in [2.24, 2.45) is 0 Å². The fourth-order valence-electron chi connectivity index (χ4n) is 0.263. The topological polar surface area (TPSA) is 57.6 Å². The van der Waals surface area contributed by atoms with E-state index in [0.29, 0.717) is 4.31 Å². The second-order valence-corrected chi connectivity index (χ2v) is 2.49. The normalized spacial score (nSPS) is 10.3. The molecule has 0 aromatic heterocycles. The van der Waals surface area contributed by atoms with E-state index in [-0.39, 0.29) is 0 Å². The Kier molecular flexibility index (Phi) is 2.41. The summed E-state index contributed by atoms with van der Waals surface area (Å²) in [4.78, 5) is 0. The molecule has 4 nitrogen and oxygen atoms in total. The molecule has 52 valence electrons. The van der Waals surface area contributed by atoms with Gasteiger partial charge in [0.05, 0.1) is 0 Å². The smallest absolute Gasteiger partial charge is 0.269 e. The fraction of sp³-hybridized carbons (Fsp3) is 0. The van der Waals surface area contributed by atoms with Gasteiger partial charge in [0, 0.05) is 12.4 Å². The lowest BCUT2D eigenvalue weighted by molar-refractivity contribution is 0.440. The molecule has 0 saturated heterocycles. The lowest BCUT2D eigenvalue weighted by atomic mass is 10.9. The summed E-state index contributed by atoms with van der Waals surface area (Å²) >= 11 is 0. The van der Waals surface area contributed by atoms with Crippen LogP contribution in [0.25, 0.3) is 0 Å². The zero-order valence-corrected chi connectivity index (χ0v) is 5.50. The van der Waals surface area contributed by atoms with Crippen LogP contribution in [0, 0.1) is 0 Å². The molecule has 0 unspecified atom stereocenters. The van der Waals surface area contributed by atoms with Crippen molar-refractivity contribution in [1.29, 1.82) is 0 Å². The van der Waals surface area contributed by atoms with Crippen molar-refractivity contribution in [3.05, 3.63) is 25.6 Å². The van der Waals surface area contributed by atoms with Crippen LogP contribution in [0.1, 0.15) is 0 Å². The van der Waals surface area contributed by atoms with Gasteiger partial charge in [0.25, 0.3) is 0 Å². The molecule has 0 aliphatic carbocycles. The summed E-state index contributed by atoms with van der Waals surface area (Å²) < 4.78 is 29.0. The van der Waals surface area contributed by atoms with Gasteiger partial charge in [-0.1, -0.05) is 13.2 Å². The van der Waals surface area contributed by atoms with Gasteiger partial charge in [-0.15, -0.1) is 0 Å². The van der Waals surface area contributed by atoms with Crippen molar-refractivity contribution < 1.29 is 13.0 Å². The molecule has 0 amide bonds. The van der Waals surface area contributed by atoms with E-state index in [1.54, 1.807) is 0 Å². The molecule has 0 atom stereocenters. The monoisotopic (exact) mass is 149 g/mol. The average molecular weight is 149 g/mol. The molecule has 0 radical (unpaired) electrons. The van der Waals surface area contributed by atoms with Crippen LogP contribution in [0.15, 0.2) is 25.6 Å². The third-order valence-electron chi connectivity index (χ3n) is 0.626. The summed E-state index contributed by atoms with van der Waals surface area (Å²) in [5.74, 6) is 0. The van der Waals surface area contributed by atoms with Crippen molar-refractivity contribution in [2.75, 3.05) is 0 Å². The SMILES string of the molecule is C=CN(C=C)S(=O)(=O)O. The number of nitrogens with zero attached hydrogens (tertiary/aromatic N) is 1. The molecule has 0 aliphatic rings. The van der Waals surface area contributed by atoms with Gasteiger partial charge in [0.1, 0.15) is 0 Å². The lowest BCUT2D eigenvalue weighted by Gasteiger charge is -2.07. The molecule has 0 rings (SSSR count). The van der Waals surface area contributed by atoms with Crippen LogP contribution in [-0.4, -0.2) is 17.3 Å². The zero-order valence-electron chi connectivity index (χ0n) is 4.69. The molecule has 0 heterocycles. The third-order valence-corrected chi connectivity index (χ3v) is 1.46. The van der Waals surface area contributed by atoms with Gasteiger partial charge in [0.15, 0.2) is 0 Å². The first-order valence-electron chi connectivity index (χ1n) is 2.03. The molecule has 5 heteroatoms. The molecule has 1 N–H and O–H groups in total. The Labute approximate surface area is 54.0 Å². The lowest BCUT2D eigenvalue weighted by Crippen LogP contribution is -2.17. The van der Waals surface area contributed by atoms with Crippen molar-refractivity contribution in [3.63, 3.8) is 0 Å². The third kappa shape index (κ3) is 2.29. The Bertz CT molecular complexity index is 198. The van der Waals surface area contributed by atoms with Gasteiger partial charge < -0.3 is 0 Å². The van der Waals surface area contributed by atoms with E-state index in [4.69, 9.17) is 4.55 Å². The van der Waals surface area contributed by atoms with Gasteiger partial charge in [-0.05, 0) is 0 Å². The summed E-state index contributed by atoms with van der Waals surface area (Å²) in [5.41, 5.74) is 0. The van der Waals surface area contributed by atoms with E-state index < -0.39 is 10.3 Å². The maximum atomic E-state index is 10.1. The number of rotatable bonds is 3. The molecule has 9 heavy (non-hydrogen) atoms. The van der Waals surface area contributed by atoms with Crippen LogP contribution in [0.5, 0.6) is 0 Å². The van der Waals surface area contributed by atoms with Crippen LogP contribution in [0.4, 0.5) is 0 Å². The van der Waals surface area contributed by atoms with E-state index in [1.165, 1.54) is 0 Å². The van der Waals surface area contributed by atoms with Crippen LogP contribution >= 0.6 is 0 Å². The summed E-state index contributed by atoms with van der Waals surface area (Å²) in [6.07, 6.45) is 1.87. The predicted molar refractivity (Wildman–Crippen MR) is 33.8 cm³/mol. The summed E-state index contributed by atoms with van der Waals surface area (Å²) in [5, 5.41) is 0. The Hall–Kier alpha value is -0.810. The second kappa shape index (κ2) is 2.65. The quantitative estimate of drug-likeness (QED) is 0.590. The highest BCUT2D eigenvalue weighted by atomic mass is 32.2. The largest absolute Gasteiger partial charge is 0.363 e. The zero-order chi connectivity index (χ0) is 7.49. The number of hydrogen-bond donors (Lipinski definition) is 1. The standard InChI is InChI=1S/C4H7NO3S/c1-3-5(4-2)9(6,7)8/h3-4H,1-2H2,(H,6,7,8). The molecule has 0 saturated carbocycles. The van der Waals surface area contributed by atoms with Gasteiger partial charge in [-0.3, -0.25) is 4.55 Å². The Morgan fingerprint density at radius 2 is 1.67 bits per heavy atom. The van der Waals surface area contributed by atoms with Crippen LogP contribution in [0.2, 0.25) is 0 Å². The maximum absolute atomic E-state index is 10.1. The van der Waals surface area contributed by atoms with Crippen molar-refractivity contribution >= 4 is 10.3 Å². The maximum Gasteiger partial charge on any atom is 0.363 e. The minimum Gasteiger partial charge on any atom is -0.269 e. The van der Waals surface area contributed by atoms with E-state index in [9.17, 15) is 8.42 Å². The van der Waals surface area contributed by atoms with Gasteiger partial charge in [-0.2, -0.15) is 8.42 Å². The first kappa shape index (κ1) is 8.19. The predicted octanol–water partition coefficient (Wildman–Crippen LogP) is 0.378. The van der Waals surface area contributed by atoms with Gasteiger partial charge in [-0.25, -0.2) is 4.31 Å². The van der Waals surface area contributed by atoms with Gasteiger partial charge in [0.2, 0.25) is 0 Å². The first-order chi connectivity index (χ1) is 4.02. The summed E-state index contributed by atoms with van der Waals surface area (Å²) in [7, 11) is -4.17. The Morgan fingerprint density at radius 3 is 1.67 bits per heavy atom. The Morgan fingerprint density at radius 1 is 1.33 bits per heavy atom. The second-order valence-electron chi connectivity index (χ2n) is 1.17. The average Bonchev–Trinajstić information content (AvgIpc) is 1.65. The highest BCUT2D eigenvalue weighted by Crippen LogP contribution is 1.95. The van der Waals surface area contributed by atoms with Crippen molar-refractivity contribution in [1.82, 2.24) is 4.31 Å². The van der Waals surface area contributed by atoms with Crippen molar-refractivity contribution in [2.45, 2.75) is 0 Å². The van der Waals surface area contributed by atoms with E-state index in [2.05, 4.69) is 13.2 Å². The molecular weight excluding hydrogens is 142 g/mol. The van der Waals surface area contributed by atoms with E-state index in [1.807, 2.05) is 0 Å². The fourth-order valence-corrected chi connectivity index (χ4v) is 0.640. The highest BCUT2D eigenvalue weighted by Gasteiger charge is 2.07. The highest BCUT2D eigenvalue weighted by molar-refractivity contribution is 7.83. The number of hydrogen-bond acceptors (Lipinski definition) is 2. The summed E-state index contributed by atoms with van der Waals surface area (Å²) in [6.45, 7) is 6.23. The van der Waals surface area contributed by atoms with Crippen LogP contribution < -0.4 is 0 Å². The van der Waals surface area contributed by atoms with Crippen LogP contribution in [-0.2, 0) is 10.3 Å². The molecule has 0 aliphatic heterocycles. The molecule has 0 spiro atoms. The minimum atomic E-state index is -4.17. The first-order valence-corrected chi connectivity index (χ1v) is 3.43. The van der Waals surface area contributed by atoms with Gasteiger partial charge >= 0.3 is 10.3 Å². The molecule has 0 aromatic carbocycles. The van der Waals surface area contributed by atoms with E-state index >= 15 is 0 Å². The summed E-state index contributed by atoms with van der Waals surface area (Å²) in [6, 6.07) is 0. The van der Waals surface area contributed by atoms with E-state index in [0.717, 1.165) is 12.4 Å².